The van der Waals surface area contributed by atoms with Gasteiger partial charge in [0.1, 0.15) is 0 Å². The second-order valence-corrected chi connectivity index (χ2v) is 4.96. The Labute approximate surface area is 102 Å². The smallest absolute Gasteiger partial charge is 0.313 e. The fourth-order valence-corrected chi connectivity index (χ4v) is 2.14. The normalized spacial score (nSPS) is 16.4. The lowest BCUT2D eigenvalue weighted by Gasteiger charge is -2.24. The molecule has 0 aliphatic heterocycles. The third-order valence-electron chi connectivity index (χ3n) is 3.49. The zero-order chi connectivity index (χ0) is 12.5. The topological polar surface area (TPSA) is 29.5 Å². The molecule has 1 saturated carbocycles. The van der Waals surface area contributed by atoms with Crippen molar-refractivity contribution in [2.45, 2.75) is 19.8 Å². The van der Waals surface area contributed by atoms with E-state index in [1.807, 2.05) is 7.05 Å². The first-order valence-corrected chi connectivity index (χ1v) is 5.94. The van der Waals surface area contributed by atoms with Gasteiger partial charge in [-0.3, -0.25) is 4.79 Å². The molecule has 3 heteroatoms. The molecule has 0 saturated heterocycles. The Hall–Kier alpha value is -1.51. The molecule has 0 unspecified atom stereocenters. The predicted molar refractivity (Wildman–Crippen MR) is 68.1 cm³/mol. The number of nitrogens with zero attached hydrogens (tertiary/aromatic N) is 1. The second-order valence-electron chi connectivity index (χ2n) is 4.96. The van der Waals surface area contributed by atoms with E-state index in [0.717, 1.165) is 25.1 Å². The van der Waals surface area contributed by atoms with Crippen molar-refractivity contribution < 1.29 is 9.53 Å². The Morgan fingerprint density at radius 1 is 1.35 bits per heavy atom. The molecule has 1 aromatic rings. The first kappa shape index (κ1) is 12.0. The van der Waals surface area contributed by atoms with Crippen LogP contribution in [0.15, 0.2) is 24.3 Å². The fraction of sp³-hybridized carbons (Fsp3) is 0.500. The van der Waals surface area contributed by atoms with E-state index in [1.165, 1.54) is 12.7 Å². The highest BCUT2D eigenvalue weighted by molar-refractivity contribution is 5.80. The van der Waals surface area contributed by atoms with E-state index >= 15 is 0 Å². The maximum Gasteiger partial charge on any atom is 0.313 e. The summed E-state index contributed by atoms with van der Waals surface area (Å²) in [5.74, 6) is -0.0727. The summed E-state index contributed by atoms with van der Waals surface area (Å²) >= 11 is 0. The molecule has 0 bridgehead atoms. The van der Waals surface area contributed by atoms with Crippen LogP contribution in [0.3, 0.4) is 0 Å². The molecule has 17 heavy (non-hydrogen) atoms. The first-order chi connectivity index (χ1) is 8.07. The average molecular weight is 233 g/mol. The third-order valence-corrected chi connectivity index (χ3v) is 3.49. The Morgan fingerprint density at radius 3 is 2.41 bits per heavy atom. The molecular weight excluding hydrogens is 214 g/mol. The minimum Gasteiger partial charge on any atom is -0.469 e. The quantitative estimate of drug-likeness (QED) is 0.748. The van der Waals surface area contributed by atoms with Gasteiger partial charge in [-0.15, -0.1) is 0 Å². The van der Waals surface area contributed by atoms with Crippen LogP contribution in [0.4, 0.5) is 5.69 Å². The highest BCUT2D eigenvalue weighted by atomic mass is 16.5. The lowest BCUT2D eigenvalue weighted by molar-refractivity contribution is -0.146. The van der Waals surface area contributed by atoms with Gasteiger partial charge in [0.2, 0.25) is 0 Å². The van der Waals surface area contributed by atoms with E-state index in [9.17, 15) is 4.79 Å². The van der Waals surface area contributed by atoms with Crippen LogP contribution in [0.2, 0.25) is 0 Å². The molecule has 1 fully saturated rings. The summed E-state index contributed by atoms with van der Waals surface area (Å²) in [6, 6.07) is 8.35. The number of carbonyl (C=O) groups excluding carboxylic acids is 1. The summed E-state index contributed by atoms with van der Waals surface area (Å²) in [5, 5.41) is 0. The Bertz CT molecular complexity index is 407. The number of ether oxygens (including phenoxy) is 1. The van der Waals surface area contributed by atoms with Gasteiger partial charge in [-0.1, -0.05) is 17.7 Å². The molecular formula is C14H19NO2. The lowest BCUT2D eigenvalue weighted by Crippen LogP contribution is -2.32. The van der Waals surface area contributed by atoms with Crippen LogP contribution in [-0.4, -0.2) is 26.7 Å². The van der Waals surface area contributed by atoms with E-state index in [1.54, 1.807) is 0 Å². The summed E-state index contributed by atoms with van der Waals surface area (Å²) in [6.07, 6.45) is 1.88. The average Bonchev–Trinajstić information content (AvgIpc) is 3.09. The number of carbonyl (C=O) groups is 1. The molecule has 0 atom stereocenters. The van der Waals surface area contributed by atoms with Crippen LogP contribution in [-0.2, 0) is 9.53 Å². The van der Waals surface area contributed by atoms with Gasteiger partial charge in [0.05, 0.1) is 12.5 Å². The van der Waals surface area contributed by atoms with Crippen LogP contribution < -0.4 is 4.90 Å². The summed E-state index contributed by atoms with van der Waals surface area (Å²) in [7, 11) is 3.49. The second kappa shape index (κ2) is 4.40. The minimum absolute atomic E-state index is 0.0727. The third kappa shape index (κ3) is 2.43. The summed E-state index contributed by atoms with van der Waals surface area (Å²) in [5.41, 5.74) is 2.14. The molecule has 0 aromatic heterocycles. The molecule has 1 aromatic carbocycles. The number of hydrogen-bond acceptors (Lipinski definition) is 3. The van der Waals surface area contributed by atoms with Crippen LogP contribution in [0.25, 0.3) is 0 Å². The maximum atomic E-state index is 11.7. The molecule has 0 N–H and O–H groups in total. The number of aryl methyl sites for hydroxylation is 1. The fourth-order valence-electron chi connectivity index (χ4n) is 2.14. The predicted octanol–water partition coefficient (Wildman–Crippen LogP) is 2.38. The molecule has 1 aliphatic carbocycles. The van der Waals surface area contributed by atoms with Crippen LogP contribution in [0.5, 0.6) is 0 Å². The first-order valence-electron chi connectivity index (χ1n) is 5.94. The molecule has 1 aliphatic rings. The minimum atomic E-state index is -0.256. The SMILES string of the molecule is COC(=O)C1(CN(C)c2ccc(C)cc2)CC1. The standard InChI is InChI=1S/C14H19NO2/c1-11-4-6-12(7-5-11)15(2)10-14(8-9-14)13(16)17-3/h4-7H,8-10H2,1-3H3. The van der Waals surface area contributed by atoms with Crippen LogP contribution in [0, 0.1) is 12.3 Å². The number of hydrogen-bond donors (Lipinski definition) is 0. The van der Waals surface area contributed by atoms with E-state index in [4.69, 9.17) is 4.74 Å². The molecule has 0 heterocycles. The zero-order valence-electron chi connectivity index (χ0n) is 10.7. The number of methoxy groups -OCH3 is 1. The summed E-state index contributed by atoms with van der Waals surface area (Å²) < 4.78 is 4.87. The van der Waals surface area contributed by atoms with Crippen molar-refractivity contribution in [1.82, 2.24) is 0 Å². The van der Waals surface area contributed by atoms with Gasteiger partial charge in [0.15, 0.2) is 0 Å². The zero-order valence-corrected chi connectivity index (χ0v) is 10.7. The van der Waals surface area contributed by atoms with Crippen LogP contribution in [0.1, 0.15) is 18.4 Å². The van der Waals surface area contributed by atoms with Gasteiger partial charge in [-0.25, -0.2) is 0 Å². The van der Waals surface area contributed by atoms with E-state index in [2.05, 4.69) is 36.1 Å². The van der Waals surface area contributed by atoms with E-state index < -0.39 is 0 Å². The van der Waals surface area contributed by atoms with Crippen molar-refractivity contribution in [2.75, 3.05) is 25.6 Å². The van der Waals surface area contributed by atoms with Crippen molar-refractivity contribution in [1.29, 1.82) is 0 Å². The number of esters is 1. The van der Waals surface area contributed by atoms with Gasteiger partial charge < -0.3 is 9.64 Å². The Morgan fingerprint density at radius 2 is 1.94 bits per heavy atom. The molecule has 92 valence electrons. The van der Waals surface area contributed by atoms with Crippen molar-refractivity contribution >= 4 is 11.7 Å². The van der Waals surface area contributed by atoms with E-state index in [-0.39, 0.29) is 11.4 Å². The molecule has 3 nitrogen and oxygen atoms in total. The van der Waals surface area contributed by atoms with E-state index in [0.29, 0.717) is 0 Å². The highest BCUT2D eigenvalue weighted by Gasteiger charge is 2.51. The van der Waals surface area contributed by atoms with Crippen molar-refractivity contribution in [3.63, 3.8) is 0 Å². The molecule has 0 amide bonds. The summed E-state index contributed by atoms with van der Waals surface area (Å²) in [6.45, 7) is 2.81. The van der Waals surface area contributed by atoms with Crippen molar-refractivity contribution in [3.8, 4) is 0 Å². The van der Waals surface area contributed by atoms with Gasteiger partial charge in [-0.05, 0) is 31.9 Å². The summed E-state index contributed by atoms with van der Waals surface area (Å²) in [4.78, 5) is 13.8. The number of rotatable bonds is 4. The largest absolute Gasteiger partial charge is 0.469 e. The molecule has 0 spiro atoms. The van der Waals surface area contributed by atoms with Gasteiger partial charge >= 0.3 is 5.97 Å². The van der Waals surface area contributed by atoms with Crippen molar-refractivity contribution in [2.24, 2.45) is 5.41 Å². The Kier molecular flexibility index (Phi) is 3.09. The van der Waals surface area contributed by atoms with Gasteiger partial charge in [0, 0.05) is 19.3 Å². The van der Waals surface area contributed by atoms with Crippen LogP contribution >= 0.6 is 0 Å². The van der Waals surface area contributed by atoms with Gasteiger partial charge in [0.25, 0.3) is 0 Å². The maximum absolute atomic E-state index is 11.7. The lowest BCUT2D eigenvalue weighted by atomic mass is 10.1. The Balaban J connectivity index is 2.04. The molecule has 0 radical (unpaired) electrons. The number of benzene rings is 1. The van der Waals surface area contributed by atoms with Gasteiger partial charge in [-0.2, -0.15) is 0 Å². The highest BCUT2D eigenvalue weighted by Crippen LogP contribution is 2.47. The number of anilines is 1. The molecule has 2 rings (SSSR count). The van der Waals surface area contributed by atoms with Crippen molar-refractivity contribution in [3.05, 3.63) is 29.8 Å². The monoisotopic (exact) mass is 233 g/mol.